The van der Waals surface area contributed by atoms with Gasteiger partial charge in [-0.05, 0) is 6.92 Å². The molecule has 3 rings (SSSR count). The van der Waals surface area contributed by atoms with E-state index >= 15 is 0 Å². The van der Waals surface area contributed by atoms with Gasteiger partial charge in [-0.1, -0.05) is 0 Å². The van der Waals surface area contributed by atoms with Crippen LogP contribution in [0.3, 0.4) is 0 Å². The summed E-state index contributed by atoms with van der Waals surface area (Å²) < 4.78 is 26.5. The number of rotatable bonds is 6. The van der Waals surface area contributed by atoms with Gasteiger partial charge in [0.15, 0.2) is 18.9 Å². The number of hydrogen-bond acceptors (Lipinski definition) is 15. The quantitative estimate of drug-likeness (QED) is 0.167. The van der Waals surface area contributed by atoms with Crippen LogP contribution in [0.5, 0.6) is 0 Å². The standard InChI is InChI=1S/C18H32O15/c1-4-14(32-18-11(25)9(23)7(21)5(2-19)31-18)10(24)12(26)17(29-4)33-15-8(22)6(3-20)30-16(28)13(15)27/h4-28H,2-3H2,1H3/t4-,5+,6+,7+,8-,9-,10-,11+,12+,13+,14-,15-,16-,17-,18-/m0/s1. The fourth-order valence-electron chi connectivity index (χ4n) is 4.02. The highest BCUT2D eigenvalue weighted by Crippen LogP contribution is 2.31. The first kappa shape index (κ1) is 27.0. The van der Waals surface area contributed by atoms with Crippen LogP contribution in [0.15, 0.2) is 0 Å². The topological polar surface area (TPSA) is 248 Å². The summed E-state index contributed by atoms with van der Waals surface area (Å²) in [4.78, 5) is 0. The van der Waals surface area contributed by atoms with Crippen molar-refractivity contribution in [2.45, 2.75) is 99.0 Å². The minimum atomic E-state index is -1.82. The third kappa shape index (κ3) is 5.32. The predicted molar refractivity (Wildman–Crippen MR) is 99.8 cm³/mol. The van der Waals surface area contributed by atoms with E-state index in [1.165, 1.54) is 6.92 Å². The van der Waals surface area contributed by atoms with Gasteiger partial charge in [-0.3, -0.25) is 0 Å². The van der Waals surface area contributed by atoms with E-state index in [1.54, 1.807) is 0 Å². The second-order valence-corrected chi connectivity index (χ2v) is 8.32. The Labute approximate surface area is 187 Å². The van der Waals surface area contributed by atoms with Gasteiger partial charge < -0.3 is 74.7 Å². The van der Waals surface area contributed by atoms with E-state index in [2.05, 4.69) is 0 Å². The van der Waals surface area contributed by atoms with Crippen LogP contribution in [0.25, 0.3) is 0 Å². The Morgan fingerprint density at radius 3 is 1.67 bits per heavy atom. The molecule has 194 valence electrons. The normalized spacial score (nSPS) is 53.7. The molecule has 15 nitrogen and oxygen atoms in total. The molecular formula is C18H32O15. The molecule has 0 amide bonds. The van der Waals surface area contributed by atoms with Crippen molar-refractivity contribution in [1.29, 1.82) is 0 Å². The smallest absolute Gasteiger partial charge is 0.187 e. The molecule has 0 radical (unpaired) electrons. The van der Waals surface area contributed by atoms with Crippen molar-refractivity contribution in [2.24, 2.45) is 0 Å². The summed E-state index contributed by atoms with van der Waals surface area (Å²) in [5.41, 5.74) is 0. The zero-order chi connectivity index (χ0) is 24.6. The third-order valence-electron chi connectivity index (χ3n) is 6.05. The van der Waals surface area contributed by atoms with Crippen molar-refractivity contribution in [3.63, 3.8) is 0 Å². The van der Waals surface area contributed by atoms with E-state index in [9.17, 15) is 51.1 Å². The highest BCUT2D eigenvalue weighted by atomic mass is 16.7. The fraction of sp³-hybridized carbons (Fsp3) is 1.00. The van der Waals surface area contributed by atoms with Gasteiger partial charge in [-0.2, -0.15) is 0 Å². The maximum Gasteiger partial charge on any atom is 0.187 e. The van der Waals surface area contributed by atoms with Crippen LogP contribution in [0.4, 0.5) is 0 Å². The first-order valence-electron chi connectivity index (χ1n) is 10.4. The van der Waals surface area contributed by atoms with Crippen molar-refractivity contribution in [1.82, 2.24) is 0 Å². The molecule has 0 spiro atoms. The molecule has 3 heterocycles. The van der Waals surface area contributed by atoms with E-state index in [0.29, 0.717) is 0 Å². The molecule has 15 heteroatoms. The van der Waals surface area contributed by atoms with E-state index in [4.69, 9.17) is 23.7 Å². The molecule has 0 bridgehead atoms. The molecule has 3 aliphatic rings. The van der Waals surface area contributed by atoms with E-state index in [0.717, 1.165) is 0 Å². The zero-order valence-corrected chi connectivity index (χ0v) is 17.6. The number of aliphatic hydroxyl groups excluding tert-OH is 10. The van der Waals surface area contributed by atoms with E-state index in [1.807, 2.05) is 0 Å². The van der Waals surface area contributed by atoms with Crippen molar-refractivity contribution < 1.29 is 74.7 Å². The maximum absolute atomic E-state index is 10.6. The van der Waals surface area contributed by atoms with Gasteiger partial charge in [-0.15, -0.1) is 0 Å². The number of hydrogen-bond donors (Lipinski definition) is 10. The summed E-state index contributed by atoms with van der Waals surface area (Å²) in [6, 6.07) is 0. The Morgan fingerprint density at radius 1 is 0.545 bits per heavy atom. The van der Waals surface area contributed by atoms with Crippen LogP contribution in [0.1, 0.15) is 6.92 Å². The summed E-state index contributed by atoms with van der Waals surface area (Å²) in [5.74, 6) is 0. The van der Waals surface area contributed by atoms with Crippen molar-refractivity contribution in [2.75, 3.05) is 13.2 Å². The molecule has 10 N–H and O–H groups in total. The average molecular weight is 488 g/mol. The summed E-state index contributed by atoms with van der Waals surface area (Å²) in [6.45, 7) is 0.00827. The van der Waals surface area contributed by atoms with Crippen molar-refractivity contribution >= 4 is 0 Å². The van der Waals surface area contributed by atoms with Gasteiger partial charge in [-0.25, -0.2) is 0 Å². The van der Waals surface area contributed by atoms with Crippen LogP contribution in [0.2, 0.25) is 0 Å². The lowest BCUT2D eigenvalue weighted by Gasteiger charge is -2.47. The van der Waals surface area contributed by atoms with Crippen LogP contribution in [0, 0.1) is 0 Å². The molecule has 0 aromatic rings. The molecular weight excluding hydrogens is 456 g/mol. The molecule has 33 heavy (non-hydrogen) atoms. The molecule has 3 saturated heterocycles. The second-order valence-electron chi connectivity index (χ2n) is 8.32. The average Bonchev–Trinajstić information content (AvgIpc) is 2.79. The lowest BCUT2D eigenvalue weighted by Crippen LogP contribution is -2.65. The van der Waals surface area contributed by atoms with Gasteiger partial charge in [0, 0.05) is 0 Å². The Hall–Kier alpha value is -0.600. The minimum Gasteiger partial charge on any atom is -0.394 e. The van der Waals surface area contributed by atoms with Crippen molar-refractivity contribution in [3.8, 4) is 0 Å². The lowest BCUT2D eigenvalue weighted by atomic mass is 9.96. The van der Waals surface area contributed by atoms with Gasteiger partial charge in [0.05, 0.1) is 19.3 Å². The van der Waals surface area contributed by atoms with E-state index < -0.39 is 105 Å². The van der Waals surface area contributed by atoms with Crippen LogP contribution >= 0.6 is 0 Å². The number of aliphatic hydroxyl groups is 10. The summed E-state index contributed by atoms with van der Waals surface area (Å²) >= 11 is 0. The summed E-state index contributed by atoms with van der Waals surface area (Å²) in [6.07, 6.45) is -23.5. The Kier molecular flexibility index (Phi) is 8.99. The lowest BCUT2D eigenvalue weighted by molar-refractivity contribution is -0.374. The fourth-order valence-corrected chi connectivity index (χ4v) is 4.02. The van der Waals surface area contributed by atoms with Gasteiger partial charge in [0.25, 0.3) is 0 Å². The maximum atomic E-state index is 10.6. The highest BCUT2D eigenvalue weighted by Gasteiger charge is 2.52. The van der Waals surface area contributed by atoms with E-state index in [-0.39, 0.29) is 0 Å². The van der Waals surface area contributed by atoms with Gasteiger partial charge >= 0.3 is 0 Å². The number of ether oxygens (including phenoxy) is 5. The zero-order valence-electron chi connectivity index (χ0n) is 17.6. The minimum absolute atomic E-state index is 0.695. The molecule has 15 atom stereocenters. The van der Waals surface area contributed by atoms with Gasteiger partial charge in [0.2, 0.25) is 0 Å². The van der Waals surface area contributed by atoms with Crippen LogP contribution < -0.4 is 0 Å². The first-order chi connectivity index (χ1) is 15.5. The van der Waals surface area contributed by atoms with Crippen molar-refractivity contribution in [3.05, 3.63) is 0 Å². The Balaban J connectivity index is 1.67. The van der Waals surface area contributed by atoms with Crippen LogP contribution in [-0.4, -0.2) is 156 Å². The monoisotopic (exact) mass is 488 g/mol. The molecule has 0 aromatic heterocycles. The highest BCUT2D eigenvalue weighted by molar-refractivity contribution is 4.95. The Bertz CT molecular complexity index is 624. The molecule has 0 aliphatic carbocycles. The summed E-state index contributed by atoms with van der Waals surface area (Å²) in [5, 5.41) is 99.5. The molecule has 3 aliphatic heterocycles. The summed E-state index contributed by atoms with van der Waals surface area (Å²) in [7, 11) is 0. The second kappa shape index (κ2) is 11.0. The largest absolute Gasteiger partial charge is 0.394 e. The predicted octanol–water partition coefficient (Wildman–Crippen LogP) is -6.55. The molecule has 3 fully saturated rings. The molecule has 0 unspecified atom stereocenters. The van der Waals surface area contributed by atoms with Crippen LogP contribution in [-0.2, 0) is 23.7 Å². The molecule has 0 saturated carbocycles. The SMILES string of the molecule is C[C@@H]1O[C@@H](O[C@@H]2[C@@H](O)[C@@H](O)O[C@H](CO)[C@@H]2O)[C@H](O)[C@H](O)[C@H]1O[C@@H]1O[C@H](CO)[C@@H](O)[C@H](O)[C@H]1O. The first-order valence-corrected chi connectivity index (χ1v) is 10.4. The molecule has 0 aromatic carbocycles. The Morgan fingerprint density at radius 2 is 1.06 bits per heavy atom. The van der Waals surface area contributed by atoms with Gasteiger partial charge in [0.1, 0.15) is 67.1 Å². The third-order valence-corrected chi connectivity index (χ3v) is 6.05.